The molecule has 3 rings (SSSR count). The minimum atomic E-state index is -4.40. The molecule has 0 aliphatic carbocycles. The predicted molar refractivity (Wildman–Crippen MR) is 74.0 cm³/mol. The molecule has 9 heteroatoms. The summed E-state index contributed by atoms with van der Waals surface area (Å²) >= 11 is 0. The molecule has 6 nitrogen and oxygen atoms in total. The molecule has 2 aliphatic heterocycles. The lowest BCUT2D eigenvalue weighted by Crippen LogP contribution is -2.36. The fourth-order valence-corrected chi connectivity index (χ4v) is 2.86. The van der Waals surface area contributed by atoms with Gasteiger partial charge in [-0.3, -0.25) is 0 Å². The highest BCUT2D eigenvalue weighted by Crippen LogP contribution is 2.32. The summed E-state index contributed by atoms with van der Waals surface area (Å²) < 4.78 is 59.6. The molecule has 1 amide bonds. The number of benzene rings is 1. The van der Waals surface area contributed by atoms with Crippen LogP contribution in [0.3, 0.4) is 0 Å². The van der Waals surface area contributed by atoms with Crippen LogP contribution < -0.4 is 5.73 Å². The Morgan fingerprint density at radius 3 is 2.54 bits per heavy atom. The second-order valence-electron chi connectivity index (χ2n) is 5.62. The van der Waals surface area contributed by atoms with Crippen LogP contribution in [0.25, 0.3) is 0 Å². The van der Waals surface area contributed by atoms with Gasteiger partial charge in [-0.15, -0.1) is 0 Å². The van der Waals surface area contributed by atoms with E-state index in [1.807, 2.05) is 0 Å². The number of carbonyl (C=O) groups is 1. The molecule has 0 bridgehead atoms. The van der Waals surface area contributed by atoms with E-state index in [1.165, 1.54) is 6.07 Å². The van der Waals surface area contributed by atoms with Crippen molar-refractivity contribution >= 4 is 6.09 Å². The zero-order valence-corrected chi connectivity index (χ0v) is 12.5. The van der Waals surface area contributed by atoms with Gasteiger partial charge >= 0.3 is 12.3 Å². The Kier molecular flexibility index (Phi) is 4.66. The first-order valence-electron chi connectivity index (χ1n) is 7.31. The number of ether oxygens (including phenoxy) is 4. The maximum Gasteiger partial charge on any atom is 0.416 e. The van der Waals surface area contributed by atoms with Gasteiger partial charge in [0.15, 0.2) is 6.10 Å². The van der Waals surface area contributed by atoms with Crippen LogP contribution in [-0.4, -0.2) is 43.7 Å². The molecular formula is C15H16F3NO5. The lowest BCUT2D eigenvalue weighted by Gasteiger charge is -2.17. The number of halogens is 3. The lowest BCUT2D eigenvalue weighted by molar-refractivity contribution is -0.137. The lowest BCUT2D eigenvalue weighted by atomic mass is 10.1. The first kappa shape index (κ1) is 17.0. The first-order chi connectivity index (χ1) is 11.3. The Balaban J connectivity index is 1.58. The number of hydrogen-bond donors (Lipinski definition) is 1. The minimum Gasteiger partial charge on any atom is -0.441 e. The summed E-state index contributed by atoms with van der Waals surface area (Å²) in [4.78, 5) is 10.8. The molecule has 0 aromatic heterocycles. The van der Waals surface area contributed by atoms with Crippen LogP contribution in [0.2, 0.25) is 0 Å². The molecule has 2 fully saturated rings. The van der Waals surface area contributed by atoms with Crippen molar-refractivity contribution in [2.45, 2.75) is 37.2 Å². The Labute approximate surface area is 135 Å². The monoisotopic (exact) mass is 347 g/mol. The molecule has 2 N–H and O–H groups in total. The third kappa shape index (κ3) is 3.63. The first-order valence-corrected chi connectivity index (χ1v) is 7.31. The van der Waals surface area contributed by atoms with Crippen molar-refractivity contribution in [2.24, 2.45) is 5.73 Å². The zero-order chi connectivity index (χ0) is 17.3. The summed E-state index contributed by atoms with van der Waals surface area (Å²) in [6, 6.07) is 4.93. The van der Waals surface area contributed by atoms with Gasteiger partial charge < -0.3 is 24.7 Å². The van der Waals surface area contributed by atoms with Gasteiger partial charge in [-0.25, -0.2) is 4.79 Å². The molecule has 1 aromatic rings. The highest BCUT2D eigenvalue weighted by atomic mass is 19.4. The average molecular weight is 347 g/mol. The molecule has 1 aromatic carbocycles. The summed E-state index contributed by atoms with van der Waals surface area (Å²) in [5.41, 5.74) is 4.65. The van der Waals surface area contributed by atoms with Crippen molar-refractivity contribution in [1.29, 1.82) is 0 Å². The summed E-state index contributed by atoms with van der Waals surface area (Å²) in [6.07, 6.45) is -7.29. The Hall–Kier alpha value is -1.84. The number of hydrogen-bond acceptors (Lipinski definition) is 5. The smallest absolute Gasteiger partial charge is 0.416 e. The van der Waals surface area contributed by atoms with E-state index in [0.717, 1.165) is 12.1 Å². The van der Waals surface area contributed by atoms with Crippen molar-refractivity contribution in [3.05, 3.63) is 35.4 Å². The number of alkyl halides is 3. The molecule has 132 valence electrons. The van der Waals surface area contributed by atoms with E-state index in [9.17, 15) is 18.0 Å². The number of nitrogens with two attached hydrogens (primary N) is 1. The number of primary amides is 1. The number of fused-ring (bicyclic) bond motifs is 1. The standard InChI is InChI=1S/C15H16F3NO5/c16-15(17,18)9-3-1-2-8(4-9)5-21-10-6-22-13-11(24-14(19)20)7-23-12(10)13/h1-4,10-13H,5-7H2,(H2,19,20)/t10-,11+,12-,13-/m1/s1. The normalized spacial score (nSPS) is 29.5. The van der Waals surface area contributed by atoms with E-state index >= 15 is 0 Å². The average Bonchev–Trinajstić information content (AvgIpc) is 3.07. The molecule has 0 saturated carbocycles. The van der Waals surface area contributed by atoms with Crippen molar-refractivity contribution in [1.82, 2.24) is 0 Å². The Morgan fingerprint density at radius 2 is 1.88 bits per heavy atom. The van der Waals surface area contributed by atoms with E-state index in [0.29, 0.717) is 5.56 Å². The molecule has 2 saturated heterocycles. The van der Waals surface area contributed by atoms with Crippen LogP contribution >= 0.6 is 0 Å². The van der Waals surface area contributed by atoms with Gasteiger partial charge in [0.25, 0.3) is 0 Å². The largest absolute Gasteiger partial charge is 0.441 e. The van der Waals surface area contributed by atoms with Gasteiger partial charge in [0.2, 0.25) is 0 Å². The quantitative estimate of drug-likeness (QED) is 0.899. The van der Waals surface area contributed by atoms with Gasteiger partial charge in [-0.1, -0.05) is 12.1 Å². The highest BCUT2D eigenvalue weighted by Gasteiger charge is 2.50. The second-order valence-corrected chi connectivity index (χ2v) is 5.62. The Morgan fingerprint density at radius 1 is 1.21 bits per heavy atom. The SMILES string of the molecule is NC(=O)O[C@H]1CO[C@H]2[C@@H]1OC[C@H]2OCc1cccc(C(F)(F)F)c1. The molecule has 0 radical (unpaired) electrons. The van der Waals surface area contributed by atoms with Gasteiger partial charge in [0, 0.05) is 0 Å². The van der Waals surface area contributed by atoms with Crippen LogP contribution in [0, 0.1) is 0 Å². The van der Waals surface area contributed by atoms with Gasteiger partial charge in [0.1, 0.15) is 18.3 Å². The zero-order valence-electron chi connectivity index (χ0n) is 12.5. The minimum absolute atomic E-state index is 0.00807. The van der Waals surface area contributed by atoms with E-state index in [2.05, 4.69) is 0 Å². The molecule has 0 unspecified atom stereocenters. The van der Waals surface area contributed by atoms with Crippen molar-refractivity contribution in [3.8, 4) is 0 Å². The van der Waals surface area contributed by atoms with E-state index < -0.39 is 42.2 Å². The molecular weight excluding hydrogens is 331 g/mol. The topological polar surface area (TPSA) is 80.0 Å². The van der Waals surface area contributed by atoms with Gasteiger partial charge in [0.05, 0.1) is 25.4 Å². The maximum absolute atomic E-state index is 12.7. The number of carbonyl (C=O) groups excluding carboxylic acids is 1. The van der Waals surface area contributed by atoms with Gasteiger partial charge in [-0.2, -0.15) is 13.2 Å². The fourth-order valence-electron chi connectivity index (χ4n) is 2.86. The Bertz CT molecular complexity index is 609. The van der Waals surface area contributed by atoms with Crippen molar-refractivity contribution < 1.29 is 36.9 Å². The third-order valence-corrected chi connectivity index (χ3v) is 3.95. The van der Waals surface area contributed by atoms with Crippen LogP contribution in [0.5, 0.6) is 0 Å². The molecule has 24 heavy (non-hydrogen) atoms. The van der Waals surface area contributed by atoms with E-state index in [1.54, 1.807) is 6.07 Å². The highest BCUT2D eigenvalue weighted by molar-refractivity contribution is 5.64. The number of amides is 1. The maximum atomic E-state index is 12.7. The molecule has 2 aliphatic rings. The van der Waals surface area contributed by atoms with E-state index in [-0.39, 0.29) is 19.8 Å². The number of rotatable bonds is 4. The summed E-state index contributed by atoms with van der Waals surface area (Å²) in [6.45, 7) is 0.334. The van der Waals surface area contributed by atoms with Crippen LogP contribution in [0.15, 0.2) is 24.3 Å². The van der Waals surface area contributed by atoms with Gasteiger partial charge in [-0.05, 0) is 17.7 Å². The summed E-state index contributed by atoms with van der Waals surface area (Å²) in [5.74, 6) is 0. The fraction of sp³-hybridized carbons (Fsp3) is 0.533. The predicted octanol–water partition coefficient (Wildman–Crippen LogP) is 1.85. The third-order valence-electron chi connectivity index (χ3n) is 3.95. The molecule has 0 spiro atoms. The van der Waals surface area contributed by atoms with Crippen molar-refractivity contribution in [2.75, 3.05) is 13.2 Å². The summed E-state index contributed by atoms with van der Waals surface area (Å²) in [7, 11) is 0. The van der Waals surface area contributed by atoms with Crippen LogP contribution in [0.1, 0.15) is 11.1 Å². The van der Waals surface area contributed by atoms with E-state index in [4.69, 9.17) is 24.7 Å². The summed E-state index contributed by atoms with van der Waals surface area (Å²) in [5, 5.41) is 0. The second kappa shape index (κ2) is 6.58. The van der Waals surface area contributed by atoms with Crippen LogP contribution in [0.4, 0.5) is 18.0 Å². The van der Waals surface area contributed by atoms with Crippen LogP contribution in [-0.2, 0) is 31.7 Å². The molecule has 4 atom stereocenters. The molecule has 2 heterocycles. The van der Waals surface area contributed by atoms with Crippen molar-refractivity contribution in [3.63, 3.8) is 0 Å².